The quantitative estimate of drug-likeness (QED) is 0.489. The highest BCUT2D eigenvalue weighted by atomic mass is 15.9. The second-order valence-electron chi connectivity index (χ2n) is 10.7. The fourth-order valence-electron chi connectivity index (χ4n) is 5.87. The largest absolute Gasteiger partial charge is 0.357 e. The van der Waals surface area contributed by atoms with Crippen molar-refractivity contribution in [3.8, 4) is 11.8 Å². The summed E-state index contributed by atoms with van der Waals surface area (Å²) in [5.41, 5.74) is 6.18. The molecular weight excluding hydrogens is 442 g/mol. The minimum atomic E-state index is -0.128. The molecular formula is C31H39N5. The van der Waals surface area contributed by atoms with Crippen molar-refractivity contribution in [1.82, 2.24) is 10.0 Å². The van der Waals surface area contributed by atoms with Gasteiger partial charge in [0.1, 0.15) is 6.04 Å². The van der Waals surface area contributed by atoms with Gasteiger partial charge in [-0.15, -0.1) is 5.12 Å². The topological polar surface area (TPSA) is 16.2 Å². The lowest BCUT2D eigenvalue weighted by molar-refractivity contribution is 0.0894. The predicted molar refractivity (Wildman–Crippen MR) is 153 cm³/mol. The molecule has 0 saturated heterocycles. The summed E-state index contributed by atoms with van der Waals surface area (Å²) < 4.78 is 0. The predicted octanol–water partition coefficient (Wildman–Crippen LogP) is 5.95. The molecule has 2 aromatic carbocycles. The zero-order valence-electron chi connectivity index (χ0n) is 22.7. The molecule has 1 aliphatic carbocycles. The molecule has 0 amide bonds. The Kier molecular flexibility index (Phi) is 6.36. The summed E-state index contributed by atoms with van der Waals surface area (Å²) in [6.45, 7) is 10.3. The zero-order valence-corrected chi connectivity index (χ0v) is 22.7. The summed E-state index contributed by atoms with van der Waals surface area (Å²) in [4.78, 5) is 4.68. The molecule has 36 heavy (non-hydrogen) atoms. The number of benzene rings is 2. The van der Waals surface area contributed by atoms with Gasteiger partial charge in [-0.2, -0.15) is 0 Å². The summed E-state index contributed by atoms with van der Waals surface area (Å²) in [6.07, 6.45) is 9.82. The Morgan fingerprint density at radius 3 is 2.25 bits per heavy atom. The normalized spacial score (nSPS) is 24.8. The maximum Gasteiger partial charge on any atom is 0.109 e. The molecule has 2 aliphatic heterocycles. The third-order valence-electron chi connectivity index (χ3n) is 8.15. The Hall–Kier alpha value is -3.20. The Morgan fingerprint density at radius 1 is 0.889 bits per heavy atom. The van der Waals surface area contributed by atoms with Crippen LogP contribution in [0.3, 0.4) is 0 Å². The van der Waals surface area contributed by atoms with Crippen molar-refractivity contribution in [2.45, 2.75) is 57.7 Å². The molecule has 0 saturated carbocycles. The fourth-order valence-corrected chi connectivity index (χ4v) is 5.87. The highest BCUT2D eigenvalue weighted by Gasteiger charge is 2.51. The van der Waals surface area contributed by atoms with Gasteiger partial charge in [-0.1, -0.05) is 68.2 Å². The van der Waals surface area contributed by atoms with E-state index in [0.717, 1.165) is 13.0 Å². The first-order chi connectivity index (χ1) is 17.3. The van der Waals surface area contributed by atoms with Crippen LogP contribution in [0.1, 0.15) is 45.6 Å². The number of rotatable bonds is 5. The molecule has 0 bridgehead atoms. The third-order valence-corrected chi connectivity index (χ3v) is 8.15. The summed E-state index contributed by atoms with van der Waals surface area (Å²) in [6, 6.07) is 15.5. The minimum Gasteiger partial charge on any atom is -0.357 e. The van der Waals surface area contributed by atoms with Crippen molar-refractivity contribution >= 4 is 22.7 Å². The van der Waals surface area contributed by atoms with Crippen molar-refractivity contribution < 1.29 is 0 Å². The molecule has 3 unspecified atom stereocenters. The van der Waals surface area contributed by atoms with E-state index in [-0.39, 0.29) is 17.6 Å². The van der Waals surface area contributed by atoms with Crippen LogP contribution in [0.25, 0.3) is 0 Å². The van der Waals surface area contributed by atoms with Gasteiger partial charge in [0.05, 0.1) is 28.6 Å². The Bertz CT molecular complexity index is 1250. The van der Waals surface area contributed by atoms with Gasteiger partial charge in [0, 0.05) is 31.3 Å². The molecule has 0 radical (unpaired) electrons. The number of anilines is 4. The molecule has 0 N–H and O–H groups in total. The number of nitrogens with zero attached hydrogens (tertiary/aromatic N) is 5. The number of hydrogen-bond acceptors (Lipinski definition) is 5. The Labute approximate surface area is 217 Å². The lowest BCUT2D eigenvalue weighted by Crippen LogP contribution is -2.61. The molecule has 0 fully saturated rings. The van der Waals surface area contributed by atoms with E-state index in [4.69, 9.17) is 0 Å². The van der Waals surface area contributed by atoms with Gasteiger partial charge >= 0.3 is 0 Å². The first-order valence-corrected chi connectivity index (χ1v) is 13.1. The van der Waals surface area contributed by atoms with Crippen LogP contribution in [-0.4, -0.2) is 55.3 Å². The van der Waals surface area contributed by atoms with E-state index in [1.54, 1.807) is 0 Å². The number of hydrazine groups is 2. The first-order valence-electron chi connectivity index (χ1n) is 13.1. The van der Waals surface area contributed by atoms with Crippen LogP contribution in [0, 0.1) is 11.8 Å². The molecule has 5 nitrogen and oxygen atoms in total. The monoisotopic (exact) mass is 481 g/mol. The van der Waals surface area contributed by atoms with Crippen molar-refractivity contribution in [3.05, 3.63) is 72.3 Å². The number of para-hydroxylation sites is 2. The van der Waals surface area contributed by atoms with Crippen LogP contribution in [0.2, 0.25) is 0 Å². The molecule has 3 aliphatic rings. The van der Waals surface area contributed by atoms with E-state index in [1.165, 1.54) is 28.3 Å². The minimum absolute atomic E-state index is 0.000793. The van der Waals surface area contributed by atoms with Gasteiger partial charge in [-0.05, 0) is 58.1 Å². The van der Waals surface area contributed by atoms with E-state index in [2.05, 4.69) is 152 Å². The smallest absolute Gasteiger partial charge is 0.109 e. The summed E-state index contributed by atoms with van der Waals surface area (Å²) in [5, 5.41) is 7.12. The lowest BCUT2D eigenvalue weighted by Gasteiger charge is -2.53. The van der Waals surface area contributed by atoms with E-state index in [9.17, 15) is 0 Å². The van der Waals surface area contributed by atoms with Crippen LogP contribution in [-0.2, 0) is 0 Å². The highest BCUT2D eigenvalue weighted by Crippen LogP contribution is 2.56. The van der Waals surface area contributed by atoms with Crippen molar-refractivity contribution in [3.63, 3.8) is 0 Å². The summed E-state index contributed by atoms with van der Waals surface area (Å²) >= 11 is 0. The first kappa shape index (κ1) is 24.5. The Morgan fingerprint density at radius 2 is 1.53 bits per heavy atom. The number of fused-ring (bicyclic) bond motifs is 5. The van der Waals surface area contributed by atoms with Gasteiger partial charge in [0.25, 0.3) is 0 Å². The van der Waals surface area contributed by atoms with Crippen LogP contribution in [0.5, 0.6) is 0 Å². The fraction of sp³-hybridized carbons (Fsp3) is 0.419. The molecule has 2 heterocycles. The Balaban J connectivity index is 1.58. The van der Waals surface area contributed by atoms with Gasteiger partial charge in [-0.25, -0.2) is 0 Å². The van der Waals surface area contributed by atoms with E-state index in [1.807, 2.05) is 0 Å². The average molecular weight is 482 g/mol. The molecule has 188 valence electrons. The molecule has 2 aromatic rings. The number of allylic oxidation sites excluding steroid dienone is 2. The summed E-state index contributed by atoms with van der Waals surface area (Å²) in [7, 11) is 6.51. The van der Waals surface area contributed by atoms with Crippen LogP contribution in [0.4, 0.5) is 22.7 Å². The second-order valence-corrected chi connectivity index (χ2v) is 10.7. The number of likely N-dealkylation sites (N-methyl/N-ethyl adjacent to an activating group) is 2. The average Bonchev–Trinajstić information content (AvgIpc) is 3.15. The molecule has 0 aromatic heterocycles. The van der Waals surface area contributed by atoms with Gasteiger partial charge in [0.2, 0.25) is 0 Å². The van der Waals surface area contributed by atoms with Crippen molar-refractivity contribution in [2.75, 3.05) is 42.6 Å². The second kappa shape index (κ2) is 9.35. The SMILES string of the molecule is CCCN(C)C1C#CC(N(C)c2cccc3c2C(C)C(C)(C)N2N(C)c4ccccc4N32)/C=C\C=C1. The van der Waals surface area contributed by atoms with Crippen LogP contribution in [0.15, 0.2) is 66.8 Å². The zero-order chi connectivity index (χ0) is 25.6. The number of hydrogen-bond donors (Lipinski definition) is 0. The maximum atomic E-state index is 3.58. The third kappa shape index (κ3) is 3.80. The van der Waals surface area contributed by atoms with Gasteiger partial charge in [0.15, 0.2) is 0 Å². The van der Waals surface area contributed by atoms with Crippen LogP contribution >= 0.6 is 0 Å². The van der Waals surface area contributed by atoms with E-state index >= 15 is 0 Å². The maximum absolute atomic E-state index is 3.58. The molecule has 0 spiro atoms. The lowest BCUT2D eigenvalue weighted by atomic mass is 9.79. The van der Waals surface area contributed by atoms with Crippen LogP contribution < -0.4 is 14.9 Å². The van der Waals surface area contributed by atoms with E-state index < -0.39 is 0 Å². The van der Waals surface area contributed by atoms with Gasteiger partial charge in [-0.3, -0.25) is 14.9 Å². The molecule has 5 heteroatoms. The molecule has 5 rings (SSSR count). The van der Waals surface area contributed by atoms with Crippen molar-refractivity contribution in [1.29, 1.82) is 0 Å². The molecule has 3 atom stereocenters. The standard InChI is InChI=1S/C31H39N5/c1-8-22-32(5)24-14-9-10-15-25(21-20-24)33(6)28-18-13-19-29-30(28)23(2)31(3,4)36-34(7)26-16-11-12-17-27(26)35(29)36/h9-19,23-25H,8,22H2,1-7H3/b14-9?,15-10-. The van der Waals surface area contributed by atoms with Crippen molar-refractivity contribution in [2.24, 2.45) is 0 Å². The van der Waals surface area contributed by atoms with Gasteiger partial charge < -0.3 is 4.90 Å². The highest BCUT2D eigenvalue weighted by molar-refractivity contribution is 5.85. The summed E-state index contributed by atoms with van der Waals surface area (Å²) in [5.74, 6) is 7.42. The van der Waals surface area contributed by atoms with E-state index in [0.29, 0.717) is 5.92 Å².